The van der Waals surface area contributed by atoms with Crippen molar-refractivity contribution in [3.63, 3.8) is 0 Å². The molecule has 0 bridgehead atoms. The second-order valence-electron chi connectivity index (χ2n) is 6.54. The molecule has 0 unspecified atom stereocenters. The zero-order chi connectivity index (χ0) is 20.4. The Bertz CT molecular complexity index is 1190. The maximum atomic E-state index is 13.8. The predicted octanol–water partition coefficient (Wildman–Crippen LogP) is 5.18. The van der Waals surface area contributed by atoms with Crippen LogP contribution in [0.1, 0.15) is 20.7 Å². The number of hydrogen-bond acceptors (Lipinski definition) is 4. The van der Waals surface area contributed by atoms with Gasteiger partial charge in [0.1, 0.15) is 0 Å². The number of Topliss-reactive ketones (excluding diaryl/α,β-unsaturated/α-hetero) is 1. The van der Waals surface area contributed by atoms with Gasteiger partial charge >= 0.3 is 5.97 Å². The molecule has 4 rings (SSSR count). The quantitative estimate of drug-likeness (QED) is 0.269. The van der Waals surface area contributed by atoms with Crippen molar-refractivity contribution in [3.05, 3.63) is 89.7 Å². The van der Waals surface area contributed by atoms with Gasteiger partial charge in [-0.25, -0.2) is 9.18 Å². The van der Waals surface area contributed by atoms with Gasteiger partial charge in [0.05, 0.1) is 12.7 Å². The van der Waals surface area contributed by atoms with Gasteiger partial charge in [-0.15, -0.1) is 0 Å². The average molecular weight is 388 g/mol. The lowest BCUT2D eigenvalue weighted by Crippen LogP contribution is -2.15. The summed E-state index contributed by atoms with van der Waals surface area (Å²) < 4.78 is 24.0. The third kappa shape index (κ3) is 3.55. The van der Waals surface area contributed by atoms with Gasteiger partial charge in [0.2, 0.25) is 0 Å². The molecule has 0 aliphatic rings. The van der Waals surface area contributed by atoms with Crippen molar-refractivity contribution in [1.29, 1.82) is 0 Å². The topological polar surface area (TPSA) is 52.6 Å². The number of carbonyl (C=O) groups excluding carboxylic acids is 2. The second-order valence-corrected chi connectivity index (χ2v) is 6.54. The minimum absolute atomic E-state index is 0.0424. The Balaban J connectivity index is 1.64. The van der Waals surface area contributed by atoms with Crippen molar-refractivity contribution in [3.8, 4) is 5.75 Å². The molecule has 4 aromatic rings. The van der Waals surface area contributed by atoms with E-state index < -0.39 is 24.2 Å². The standard InChI is InChI=1S/C24H17FO4/c1-28-22-11-10-17(13-20(22)25)21(26)14-29-24(27)23-18-8-4-2-6-15(18)12-16-7-3-5-9-19(16)23/h2-13H,14H2,1H3. The summed E-state index contributed by atoms with van der Waals surface area (Å²) >= 11 is 0. The van der Waals surface area contributed by atoms with E-state index >= 15 is 0 Å². The molecular weight excluding hydrogens is 371 g/mol. The van der Waals surface area contributed by atoms with Crippen LogP contribution < -0.4 is 4.74 Å². The molecular formula is C24H17FO4. The summed E-state index contributed by atoms with van der Waals surface area (Å²) in [5, 5.41) is 3.31. The SMILES string of the molecule is COc1ccc(C(=O)COC(=O)c2c3ccccc3cc3ccccc23)cc1F. The first-order valence-electron chi connectivity index (χ1n) is 9.03. The summed E-state index contributed by atoms with van der Waals surface area (Å²) in [6, 6.07) is 20.9. The second kappa shape index (κ2) is 7.72. The van der Waals surface area contributed by atoms with Crippen LogP contribution in [0.2, 0.25) is 0 Å². The van der Waals surface area contributed by atoms with Crippen molar-refractivity contribution in [1.82, 2.24) is 0 Å². The van der Waals surface area contributed by atoms with Crippen LogP contribution in [0.15, 0.2) is 72.8 Å². The van der Waals surface area contributed by atoms with Crippen LogP contribution in [0.5, 0.6) is 5.75 Å². The fourth-order valence-electron chi connectivity index (χ4n) is 3.36. The maximum Gasteiger partial charge on any atom is 0.339 e. The maximum absolute atomic E-state index is 13.8. The Morgan fingerprint density at radius 1 is 0.862 bits per heavy atom. The largest absolute Gasteiger partial charge is 0.494 e. The predicted molar refractivity (Wildman–Crippen MR) is 109 cm³/mol. The van der Waals surface area contributed by atoms with Gasteiger partial charge in [0.25, 0.3) is 0 Å². The van der Waals surface area contributed by atoms with Crippen LogP contribution in [0.4, 0.5) is 4.39 Å². The number of benzene rings is 4. The zero-order valence-electron chi connectivity index (χ0n) is 15.6. The van der Waals surface area contributed by atoms with E-state index in [1.807, 2.05) is 54.6 Å². The van der Waals surface area contributed by atoms with Crippen molar-refractivity contribution in [2.45, 2.75) is 0 Å². The Morgan fingerprint density at radius 3 is 2.07 bits per heavy atom. The highest BCUT2D eigenvalue weighted by molar-refractivity contribution is 6.17. The van der Waals surface area contributed by atoms with Gasteiger partial charge in [0, 0.05) is 5.56 Å². The Kier molecular flexibility index (Phi) is 4.96. The van der Waals surface area contributed by atoms with Crippen molar-refractivity contribution >= 4 is 33.3 Å². The molecule has 0 aliphatic carbocycles. The van der Waals surface area contributed by atoms with E-state index in [1.54, 1.807) is 0 Å². The lowest BCUT2D eigenvalue weighted by molar-refractivity contribution is 0.0478. The molecule has 144 valence electrons. The number of ether oxygens (including phenoxy) is 2. The van der Waals surface area contributed by atoms with E-state index in [0.717, 1.165) is 27.6 Å². The van der Waals surface area contributed by atoms with E-state index in [9.17, 15) is 14.0 Å². The van der Waals surface area contributed by atoms with Gasteiger partial charge in [-0.05, 0) is 45.8 Å². The average Bonchev–Trinajstić information content (AvgIpc) is 2.75. The molecule has 0 aromatic heterocycles. The number of carbonyl (C=O) groups is 2. The minimum atomic E-state index is -0.648. The first-order chi connectivity index (χ1) is 14.1. The first kappa shape index (κ1) is 18.6. The molecule has 0 saturated heterocycles. The fourth-order valence-corrected chi connectivity index (χ4v) is 3.36. The minimum Gasteiger partial charge on any atom is -0.494 e. The van der Waals surface area contributed by atoms with Crippen LogP contribution in [0, 0.1) is 5.82 Å². The Hall–Kier alpha value is -3.73. The number of rotatable bonds is 5. The van der Waals surface area contributed by atoms with Gasteiger partial charge in [0.15, 0.2) is 24.0 Å². The molecule has 0 heterocycles. The van der Waals surface area contributed by atoms with Crippen LogP contribution in [-0.4, -0.2) is 25.5 Å². The Labute approximate surface area is 166 Å². The van der Waals surface area contributed by atoms with Gasteiger partial charge < -0.3 is 9.47 Å². The summed E-state index contributed by atoms with van der Waals surface area (Å²) in [5.41, 5.74) is 0.520. The molecule has 0 atom stereocenters. The van der Waals surface area contributed by atoms with Crippen LogP contribution >= 0.6 is 0 Å². The van der Waals surface area contributed by atoms with E-state index in [-0.39, 0.29) is 11.3 Å². The fraction of sp³-hybridized carbons (Fsp3) is 0.0833. The zero-order valence-corrected chi connectivity index (χ0v) is 15.6. The number of esters is 1. The Morgan fingerprint density at radius 2 is 1.48 bits per heavy atom. The van der Waals surface area contributed by atoms with Crippen molar-refractivity contribution in [2.75, 3.05) is 13.7 Å². The summed E-state index contributed by atoms with van der Waals surface area (Å²) in [5.74, 6) is -1.70. The van der Waals surface area contributed by atoms with Crippen molar-refractivity contribution in [2.24, 2.45) is 0 Å². The molecule has 4 aromatic carbocycles. The lowest BCUT2D eigenvalue weighted by Gasteiger charge is -2.11. The molecule has 29 heavy (non-hydrogen) atoms. The van der Waals surface area contributed by atoms with E-state index in [2.05, 4.69) is 0 Å². The van der Waals surface area contributed by atoms with E-state index in [0.29, 0.717) is 5.56 Å². The molecule has 0 radical (unpaired) electrons. The third-order valence-corrected chi connectivity index (χ3v) is 4.78. The summed E-state index contributed by atoms with van der Waals surface area (Å²) in [7, 11) is 1.34. The third-order valence-electron chi connectivity index (χ3n) is 4.78. The highest BCUT2D eigenvalue weighted by atomic mass is 19.1. The van der Waals surface area contributed by atoms with Crippen LogP contribution in [-0.2, 0) is 4.74 Å². The molecule has 0 saturated carbocycles. The highest BCUT2D eigenvalue weighted by Gasteiger charge is 2.18. The molecule has 4 nitrogen and oxygen atoms in total. The molecule has 0 N–H and O–H groups in total. The van der Waals surface area contributed by atoms with E-state index in [4.69, 9.17) is 9.47 Å². The highest BCUT2D eigenvalue weighted by Crippen LogP contribution is 2.29. The van der Waals surface area contributed by atoms with Gasteiger partial charge in [-0.3, -0.25) is 4.79 Å². The number of hydrogen-bond donors (Lipinski definition) is 0. The first-order valence-corrected chi connectivity index (χ1v) is 9.03. The molecule has 0 fully saturated rings. The van der Waals surface area contributed by atoms with Gasteiger partial charge in [-0.2, -0.15) is 0 Å². The monoisotopic (exact) mass is 388 g/mol. The normalized spacial score (nSPS) is 10.8. The van der Waals surface area contributed by atoms with Crippen LogP contribution in [0.25, 0.3) is 21.5 Å². The smallest absolute Gasteiger partial charge is 0.339 e. The molecule has 5 heteroatoms. The number of halogens is 1. The summed E-state index contributed by atoms with van der Waals surface area (Å²) in [4.78, 5) is 25.3. The number of fused-ring (bicyclic) bond motifs is 2. The molecule has 0 aliphatic heterocycles. The van der Waals surface area contributed by atoms with Gasteiger partial charge in [-0.1, -0.05) is 48.5 Å². The molecule has 0 spiro atoms. The number of methoxy groups -OCH3 is 1. The summed E-state index contributed by atoms with van der Waals surface area (Å²) in [6.07, 6.45) is 0. The molecule has 0 amide bonds. The van der Waals surface area contributed by atoms with Crippen molar-refractivity contribution < 1.29 is 23.5 Å². The van der Waals surface area contributed by atoms with E-state index in [1.165, 1.54) is 19.2 Å². The van der Waals surface area contributed by atoms with Crippen LogP contribution in [0.3, 0.4) is 0 Å². The summed E-state index contributed by atoms with van der Waals surface area (Å²) in [6.45, 7) is -0.484. The number of ketones is 1. The lowest BCUT2D eigenvalue weighted by atomic mass is 9.97.